The molecule has 16 heavy (non-hydrogen) atoms. The second kappa shape index (κ2) is 4.84. The number of halogens is 1. The number of oxazole rings is 1. The summed E-state index contributed by atoms with van der Waals surface area (Å²) in [6.45, 7) is 4.09. The number of rotatable bonds is 3. The zero-order valence-corrected chi connectivity index (χ0v) is 10.4. The van der Waals surface area contributed by atoms with Crippen LogP contribution in [0.3, 0.4) is 0 Å². The fourth-order valence-corrected chi connectivity index (χ4v) is 2.60. The first-order valence-corrected chi connectivity index (χ1v) is 5.95. The van der Waals surface area contributed by atoms with Crippen molar-refractivity contribution < 1.29 is 4.42 Å². The van der Waals surface area contributed by atoms with Crippen LogP contribution < -0.4 is 0 Å². The van der Waals surface area contributed by atoms with Crippen LogP contribution in [0.25, 0.3) is 0 Å². The smallest absolute Gasteiger partial charge is 0.261 e. The van der Waals surface area contributed by atoms with Crippen LogP contribution >= 0.6 is 23.4 Å². The Morgan fingerprint density at radius 2 is 2.12 bits per heavy atom. The maximum Gasteiger partial charge on any atom is 0.261 e. The molecule has 0 fully saturated rings. The molecule has 2 aromatic rings. The van der Waals surface area contributed by atoms with Gasteiger partial charge in [0, 0.05) is 5.56 Å². The van der Waals surface area contributed by atoms with Crippen LogP contribution in [-0.2, 0) is 0 Å². The topological polar surface area (TPSA) is 51.8 Å². The van der Waals surface area contributed by atoms with Crippen molar-refractivity contribution in [2.24, 2.45) is 0 Å². The van der Waals surface area contributed by atoms with E-state index in [0.717, 1.165) is 10.6 Å². The van der Waals surface area contributed by atoms with Crippen molar-refractivity contribution in [2.75, 3.05) is 0 Å². The fourth-order valence-electron chi connectivity index (χ4n) is 1.27. The zero-order chi connectivity index (χ0) is 11.5. The standard InChI is InChI=1S/C10H10ClN3OS/c1-6(2)7-8(11)13-5-14-9(7)16-10-12-3-4-15-10/h3-6H,1-2H3. The normalized spacial score (nSPS) is 11.0. The van der Waals surface area contributed by atoms with Crippen molar-refractivity contribution in [3.63, 3.8) is 0 Å². The van der Waals surface area contributed by atoms with Gasteiger partial charge in [-0.15, -0.1) is 0 Å². The first kappa shape index (κ1) is 11.4. The highest BCUT2D eigenvalue weighted by molar-refractivity contribution is 7.99. The van der Waals surface area contributed by atoms with Crippen molar-refractivity contribution in [3.8, 4) is 0 Å². The minimum Gasteiger partial charge on any atom is -0.440 e. The number of aromatic nitrogens is 3. The molecule has 0 unspecified atom stereocenters. The van der Waals surface area contributed by atoms with E-state index in [-0.39, 0.29) is 5.92 Å². The minimum atomic E-state index is 0.256. The van der Waals surface area contributed by atoms with Gasteiger partial charge >= 0.3 is 0 Å². The molecule has 0 aromatic carbocycles. The lowest BCUT2D eigenvalue weighted by atomic mass is 10.1. The lowest BCUT2D eigenvalue weighted by molar-refractivity contribution is 0.453. The van der Waals surface area contributed by atoms with Gasteiger partial charge in [-0.25, -0.2) is 15.0 Å². The summed E-state index contributed by atoms with van der Waals surface area (Å²) in [6, 6.07) is 0. The summed E-state index contributed by atoms with van der Waals surface area (Å²) in [6.07, 6.45) is 4.57. The van der Waals surface area contributed by atoms with Gasteiger partial charge in [0.15, 0.2) is 0 Å². The Morgan fingerprint density at radius 1 is 1.31 bits per heavy atom. The van der Waals surface area contributed by atoms with Crippen LogP contribution in [0.5, 0.6) is 0 Å². The molecule has 0 amide bonds. The molecule has 0 radical (unpaired) electrons. The van der Waals surface area contributed by atoms with E-state index >= 15 is 0 Å². The van der Waals surface area contributed by atoms with Crippen molar-refractivity contribution in [3.05, 3.63) is 29.5 Å². The van der Waals surface area contributed by atoms with Gasteiger partial charge in [-0.3, -0.25) is 0 Å². The second-order valence-corrected chi connectivity index (χ2v) is 4.74. The summed E-state index contributed by atoms with van der Waals surface area (Å²) in [5.41, 5.74) is 0.923. The summed E-state index contributed by atoms with van der Waals surface area (Å²) < 4.78 is 5.16. The van der Waals surface area contributed by atoms with Gasteiger partial charge in [-0.2, -0.15) is 0 Å². The lowest BCUT2D eigenvalue weighted by Gasteiger charge is -2.10. The first-order chi connectivity index (χ1) is 7.68. The highest BCUT2D eigenvalue weighted by Gasteiger charge is 2.15. The average Bonchev–Trinajstić information content (AvgIpc) is 2.70. The van der Waals surface area contributed by atoms with E-state index in [1.54, 1.807) is 6.20 Å². The molecule has 84 valence electrons. The van der Waals surface area contributed by atoms with Crippen molar-refractivity contribution >= 4 is 23.4 Å². The molecule has 0 N–H and O–H groups in total. The highest BCUT2D eigenvalue weighted by Crippen LogP contribution is 2.34. The summed E-state index contributed by atoms with van der Waals surface area (Å²) in [4.78, 5) is 12.2. The second-order valence-electron chi connectivity index (χ2n) is 3.44. The number of hydrogen-bond donors (Lipinski definition) is 0. The summed E-state index contributed by atoms with van der Waals surface area (Å²) in [7, 11) is 0. The van der Waals surface area contributed by atoms with Gasteiger partial charge in [0.05, 0.1) is 6.20 Å². The van der Waals surface area contributed by atoms with E-state index in [1.165, 1.54) is 24.4 Å². The monoisotopic (exact) mass is 255 g/mol. The van der Waals surface area contributed by atoms with Gasteiger partial charge in [0.1, 0.15) is 22.8 Å². The lowest BCUT2D eigenvalue weighted by Crippen LogP contribution is -1.97. The van der Waals surface area contributed by atoms with Gasteiger partial charge in [-0.05, 0) is 17.7 Å². The zero-order valence-electron chi connectivity index (χ0n) is 8.85. The quantitative estimate of drug-likeness (QED) is 0.787. The van der Waals surface area contributed by atoms with Gasteiger partial charge in [0.2, 0.25) is 0 Å². The van der Waals surface area contributed by atoms with Crippen molar-refractivity contribution in [1.29, 1.82) is 0 Å². The molecule has 0 saturated carbocycles. The third-order valence-electron chi connectivity index (χ3n) is 1.97. The summed E-state index contributed by atoms with van der Waals surface area (Å²) in [5, 5.41) is 1.83. The van der Waals surface area contributed by atoms with Crippen LogP contribution in [0.15, 0.2) is 33.5 Å². The van der Waals surface area contributed by atoms with Crippen molar-refractivity contribution in [2.45, 2.75) is 30.0 Å². The predicted octanol–water partition coefficient (Wildman–Crippen LogP) is 3.39. The Bertz CT molecular complexity index is 473. The van der Waals surface area contributed by atoms with Gasteiger partial charge in [-0.1, -0.05) is 25.4 Å². The summed E-state index contributed by atoms with van der Waals surface area (Å²) in [5.74, 6) is 0.256. The fraction of sp³-hybridized carbons (Fsp3) is 0.300. The average molecular weight is 256 g/mol. The largest absolute Gasteiger partial charge is 0.440 e. The Balaban J connectivity index is 2.37. The van der Waals surface area contributed by atoms with Crippen molar-refractivity contribution in [1.82, 2.24) is 15.0 Å². The molecule has 0 aliphatic carbocycles. The molecule has 6 heteroatoms. The maximum absolute atomic E-state index is 6.05. The molecule has 0 bridgehead atoms. The predicted molar refractivity (Wildman–Crippen MR) is 61.8 cm³/mol. The van der Waals surface area contributed by atoms with E-state index in [9.17, 15) is 0 Å². The van der Waals surface area contributed by atoms with E-state index < -0.39 is 0 Å². The molecular weight excluding hydrogens is 246 g/mol. The molecule has 0 spiro atoms. The highest BCUT2D eigenvalue weighted by atomic mass is 35.5. The molecule has 4 nitrogen and oxygen atoms in total. The van der Waals surface area contributed by atoms with Gasteiger partial charge < -0.3 is 4.42 Å². The van der Waals surface area contributed by atoms with E-state index in [0.29, 0.717) is 10.4 Å². The number of hydrogen-bond acceptors (Lipinski definition) is 5. The van der Waals surface area contributed by atoms with Gasteiger partial charge in [0.25, 0.3) is 5.22 Å². The van der Waals surface area contributed by atoms with Crippen LogP contribution in [0, 0.1) is 0 Å². The summed E-state index contributed by atoms with van der Waals surface area (Å²) >= 11 is 7.40. The molecular formula is C10H10ClN3OS. The Hall–Kier alpha value is -1.07. The molecule has 0 aliphatic heterocycles. The van der Waals surface area contributed by atoms with Crippen LogP contribution in [0.2, 0.25) is 5.15 Å². The number of nitrogens with zero attached hydrogens (tertiary/aromatic N) is 3. The Morgan fingerprint density at radius 3 is 2.75 bits per heavy atom. The third-order valence-corrected chi connectivity index (χ3v) is 3.17. The third kappa shape index (κ3) is 2.36. The van der Waals surface area contributed by atoms with Crippen LogP contribution in [0.1, 0.15) is 25.3 Å². The first-order valence-electron chi connectivity index (χ1n) is 4.76. The van der Waals surface area contributed by atoms with E-state index in [2.05, 4.69) is 15.0 Å². The minimum absolute atomic E-state index is 0.256. The van der Waals surface area contributed by atoms with E-state index in [1.807, 2.05) is 13.8 Å². The van der Waals surface area contributed by atoms with Crippen LogP contribution in [-0.4, -0.2) is 15.0 Å². The Labute approximate surface area is 102 Å². The molecule has 2 rings (SSSR count). The van der Waals surface area contributed by atoms with E-state index in [4.69, 9.17) is 16.0 Å². The molecule has 0 saturated heterocycles. The molecule has 2 aromatic heterocycles. The molecule has 0 aliphatic rings. The molecule has 2 heterocycles. The SMILES string of the molecule is CC(C)c1c(Cl)ncnc1Sc1ncco1. The Kier molecular flexibility index (Phi) is 3.46. The molecule has 0 atom stereocenters. The van der Waals surface area contributed by atoms with Crippen LogP contribution in [0.4, 0.5) is 0 Å². The maximum atomic E-state index is 6.05.